The Labute approximate surface area is 109 Å². The van der Waals surface area contributed by atoms with E-state index in [1.165, 1.54) is 12.0 Å². The van der Waals surface area contributed by atoms with Crippen LogP contribution in [0.3, 0.4) is 0 Å². The molecule has 2 rings (SSSR count). The van der Waals surface area contributed by atoms with Crippen LogP contribution in [0.5, 0.6) is 5.75 Å². The molecule has 3 N–H and O–H groups in total. The van der Waals surface area contributed by atoms with Crippen LogP contribution in [-0.2, 0) is 6.42 Å². The number of aromatic hydroxyl groups is 1. The third kappa shape index (κ3) is 2.42. The van der Waals surface area contributed by atoms with Gasteiger partial charge in [0, 0.05) is 16.8 Å². The summed E-state index contributed by atoms with van der Waals surface area (Å²) in [4.78, 5) is 0. The van der Waals surface area contributed by atoms with Gasteiger partial charge in [0.2, 0.25) is 0 Å². The van der Waals surface area contributed by atoms with Gasteiger partial charge in [-0.15, -0.1) is 6.58 Å². The average molecular weight is 243 g/mol. The largest absolute Gasteiger partial charge is 0.508 e. The molecule has 1 atom stereocenters. The molecule has 0 aliphatic heterocycles. The van der Waals surface area contributed by atoms with Gasteiger partial charge in [0.05, 0.1) is 0 Å². The standard InChI is InChI=1S/C16H21NO/c1-3-4-14-15(18)10-9-13(16(14)17)12-7-5-11(2)6-8-12/h3,7,9-11,18H,1,4-6,8,17H2,2H3. The molecule has 1 aromatic rings. The molecule has 0 amide bonds. The maximum atomic E-state index is 9.84. The molecule has 1 aliphatic rings. The molecular formula is C16H21NO. The van der Waals surface area contributed by atoms with Crippen LogP contribution in [0.25, 0.3) is 5.57 Å². The van der Waals surface area contributed by atoms with Gasteiger partial charge >= 0.3 is 0 Å². The van der Waals surface area contributed by atoms with E-state index in [-0.39, 0.29) is 5.75 Å². The van der Waals surface area contributed by atoms with Crippen molar-refractivity contribution in [2.75, 3.05) is 5.73 Å². The van der Waals surface area contributed by atoms with Crippen molar-refractivity contribution < 1.29 is 5.11 Å². The fraction of sp³-hybridized carbons (Fsp3) is 0.375. The zero-order valence-electron chi connectivity index (χ0n) is 10.9. The second-order valence-corrected chi connectivity index (χ2v) is 5.13. The number of allylic oxidation sites excluding steroid dienone is 3. The molecule has 0 fully saturated rings. The molecule has 0 bridgehead atoms. The summed E-state index contributed by atoms with van der Waals surface area (Å²) in [6.45, 7) is 5.98. The molecule has 0 aromatic heterocycles. The van der Waals surface area contributed by atoms with Crippen molar-refractivity contribution >= 4 is 11.3 Å². The summed E-state index contributed by atoms with van der Waals surface area (Å²) in [7, 11) is 0. The Morgan fingerprint density at radius 1 is 1.50 bits per heavy atom. The van der Waals surface area contributed by atoms with Crippen molar-refractivity contribution in [1.29, 1.82) is 0 Å². The molecular weight excluding hydrogens is 222 g/mol. The smallest absolute Gasteiger partial charge is 0.121 e. The molecule has 0 heterocycles. The molecule has 96 valence electrons. The highest BCUT2D eigenvalue weighted by molar-refractivity contribution is 5.79. The number of rotatable bonds is 3. The van der Waals surface area contributed by atoms with E-state index in [0.29, 0.717) is 12.1 Å². The minimum Gasteiger partial charge on any atom is -0.508 e. The lowest BCUT2D eigenvalue weighted by molar-refractivity contribution is 0.470. The zero-order chi connectivity index (χ0) is 13.1. The number of phenols is 1. The third-order valence-electron chi connectivity index (χ3n) is 3.70. The minimum atomic E-state index is 0.265. The van der Waals surface area contributed by atoms with Crippen LogP contribution in [-0.4, -0.2) is 5.11 Å². The quantitative estimate of drug-likeness (QED) is 0.624. The SMILES string of the molecule is C=CCc1c(O)ccc(C2=CCC(C)CC2)c1N. The van der Waals surface area contributed by atoms with E-state index in [4.69, 9.17) is 5.73 Å². The lowest BCUT2D eigenvalue weighted by Gasteiger charge is -2.21. The summed E-state index contributed by atoms with van der Waals surface area (Å²) < 4.78 is 0. The lowest BCUT2D eigenvalue weighted by atomic mass is 9.86. The second kappa shape index (κ2) is 5.30. The summed E-state index contributed by atoms with van der Waals surface area (Å²) in [6, 6.07) is 3.67. The molecule has 18 heavy (non-hydrogen) atoms. The first kappa shape index (κ1) is 12.7. The normalized spacial score (nSPS) is 19.4. The minimum absolute atomic E-state index is 0.265. The highest BCUT2D eigenvalue weighted by Crippen LogP contribution is 2.36. The summed E-state index contributed by atoms with van der Waals surface area (Å²) in [5.74, 6) is 1.03. The molecule has 1 unspecified atom stereocenters. The van der Waals surface area contributed by atoms with Crippen molar-refractivity contribution in [3.63, 3.8) is 0 Å². The molecule has 0 spiro atoms. The molecule has 2 heteroatoms. The maximum absolute atomic E-state index is 9.84. The molecule has 1 aliphatic carbocycles. The third-order valence-corrected chi connectivity index (χ3v) is 3.70. The Kier molecular flexibility index (Phi) is 3.75. The van der Waals surface area contributed by atoms with E-state index in [1.54, 1.807) is 12.1 Å². The molecule has 1 aromatic carbocycles. The van der Waals surface area contributed by atoms with Gasteiger partial charge in [-0.1, -0.05) is 19.1 Å². The number of hydrogen-bond donors (Lipinski definition) is 2. The van der Waals surface area contributed by atoms with Crippen LogP contribution in [0, 0.1) is 5.92 Å². The van der Waals surface area contributed by atoms with E-state index >= 15 is 0 Å². The topological polar surface area (TPSA) is 46.2 Å². The molecule has 2 nitrogen and oxygen atoms in total. The zero-order valence-corrected chi connectivity index (χ0v) is 10.9. The van der Waals surface area contributed by atoms with Crippen molar-refractivity contribution in [2.45, 2.75) is 32.6 Å². The van der Waals surface area contributed by atoms with Crippen LogP contribution in [0.2, 0.25) is 0 Å². The Morgan fingerprint density at radius 3 is 2.89 bits per heavy atom. The molecule has 0 radical (unpaired) electrons. The summed E-state index contributed by atoms with van der Waals surface area (Å²) in [6.07, 6.45) is 8.06. The number of anilines is 1. The van der Waals surface area contributed by atoms with Crippen molar-refractivity contribution in [2.24, 2.45) is 5.92 Å². The van der Waals surface area contributed by atoms with E-state index in [1.807, 2.05) is 6.07 Å². The van der Waals surface area contributed by atoms with Crippen molar-refractivity contribution in [3.05, 3.63) is 42.0 Å². The van der Waals surface area contributed by atoms with Gasteiger partial charge in [-0.2, -0.15) is 0 Å². The van der Waals surface area contributed by atoms with Gasteiger partial charge in [-0.05, 0) is 49.3 Å². The van der Waals surface area contributed by atoms with E-state index in [9.17, 15) is 5.11 Å². The Bertz CT molecular complexity index is 488. The first-order valence-corrected chi connectivity index (χ1v) is 6.54. The Hall–Kier alpha value is -1.70. The van der Waals surface area contributed by atoms with Crippen LogP contribution >= 0.6 is 0 Å². The lowest BCUT2D eigenvalue weighted by Crippen LogP contribution is -2.04. The first-order valence-electron chi connectivity index (χ1n) is 6.54. The Morgan fingerprint density at radius 2 is 2.28 bits per heavy atom. The first-order chi connectivity index (χ1) is 8.63. The van der Waals surface area contributed by atoms with Crippen molar-refractivity contribution in [3.8, 4) is 5.75 Å². The van der Waals surface area contributed by atoms with Crippen LogP contribution < -0.4 is 5.73 Å². The van der Waals surface area contributed by atoms with Gasteiger partial charge in [0.1, 0.15) is 5.75 Å². The number of nitrogens with two attached hydrogens (primary N) is 1. The molecule has 0 saturated heterocycles. The fourth-order valence-electron chi connectivity index (χ4n) is 2.50. The van der Waals surface area contributed by atoms with Crippen LogP contribution in [0.1, 0.15) is 37.3 Å². The highest BCUT2D eigenvalue weighted by atomic mass is 16.3. The number of hydrogen-bond acceptors (Lipinski definition) is 2. The molecule has 0 saturated carbocycles. The summed E-state index contributed by atoms with van der Waals surface area (Å²) >= 11 is 0. The van der Waals surface area contributed by atoms with E-state index < -0.39 is 0 Å². The fourth-order valence-corrected chi connectivity index (χ4v) is 2.50. The maximum Gasteiger partial charge on any atom is 0.121 e. The van der Waals surface area contributed by atoms with Gasteiger partial charge in [-0.25, -0.2) is 0 Å². The summed E-state index contributed by atoms with van der Waals surface area (Å²) in [5.41, 5.74) is 10.1. The van der Waals surface area contributed by atoms with E-state index in [0.717, 1.165) is 29.9 Å². The monoisotopic (exact) mass is 243 g/mol. The number of benzene rings is 1. The van der Waals surface area contributed by atoms with Gasteiger partial charge < -0.3 is 10.8 Å². The van der Waals surface area contributed by atoms with Crippen LogP contribution in [0.4, 0.5) is 5.69 Å². The highest BCUT2D eigenvalue weighted by Gasteiger charge is 2.16. The summed E-state index contributed by atoms with van der Waals surface area (Å²) in [5, 5.41) is 9.84. The van der Waals surface area contributed by atoms with Gasteiger partial charge in [0.25, 0.3) is 0 Å². The Balaban J connectivity index is 2.40. The number of nitrogen functional groups attached to an aromatic ring is 1. The van der Waals surface area contributed by atoms with Gasteiger partial charge in [-0.3, -0.25) is 0 Å². The predicted molar refractivity (Wildman–Crippen MR) is 77.4 cm³/mol. The van der Waals surface area contributed by atoms with Gasteiger partial charge in [0.15, 0.2) is 0 Å². The number of phenolic OH excluding ortho intramolecular Hbond substituents is 1. The van der Waals surface area contributed by atoms with Crippen molar-refractivity contribution in [1.82, 2.24) is 0 Å². The predicted octanol–water partition coefficient (Wildman–Crippen LogP) is 3.91. The van der Waals surface area contributed by atoms with Crippen LogP contribution in [0.15, 0.2) is 30.9 Å². The average Bonchev–Trinajstić information content (AvgIpc) is 2.36. The second-order valence-electron chi connectivity index (χ2n) is 5.13. The van der Waals surface area contributed by atoms with E-state index in [2.05, 4.69) is 19.6 Å².